The van der Waals surface area contributed by atoms with E-state index in [1.165, 1.54) is 6.07 Å². The van der Waals surface area contributed by atoms with Gasteiger partial charge in [-0.25, -0.2) is 4.39 Å². The van der Waals surface area contributed by atoms with E-state index < -0.39 is 0 Å². The Bertz CT molecular complexity index is 1100. The first-order chi connectivity index (χ1) is 16.1. The van der Waals surface area contributed by atoms with Crippen molar-refractivity contribution in [1.82, 2.24) is 5.32 Å². The molecule has 0 aromatic heterocycles. The fourth-order valence-electron chi connectivity index (χ4n) is 4.20. The number of nitrogens with one attached hydrogen (secondary N) is 1. The Kier molecular flexibility index (Phi) is 7.37. The molecule has 0 saturated carbocycles. The third kappa shape index (κ3) is 5.24. The van der Waals surface area contributed by atoms with Gasteiger partial charge in [0.1, 0.15) is 5.82 Å². The van der Waals surface area contributed by atoms with Gasteiger partial charge in [-0.3, -0.25) is 4.79 Å². The second kappa shape index (κ2) is 10.6. The predicted octanol–water partition coefficient (Wildman–Crippen LogP) is 4.79. The van der Waals surface area contributed by atoms with Crippen LogP contribution in [0.2, 0.25) is 0 Å². The average molecular weight is 448 g/mol. The zero-order valence-corrected chi connectivity index (χ0v) is 19.1. The second-order valence-electron chi connectivity index (χ2n) is 8.28. The van der Waals surface area contributed by atoms with Crippen molar-refractivity contribution in [2.75, 3.05) is 43.5 Å². The molecule has 0 aliphatic carbocycles. The van der Waals surface area contributed by atoms with Crippen molar-refractivity contribution in [2.45, 2.75) is 19.1 Å². The van der Waals surface area contributed by atoms with Crippen LogP contribution in [0.25, 0.3) is 0 Å². The van der Waals surface area contributed by atoms with Gasteiger partial charge in [0.2, 0.25) is 0 Å². The van der Waals surface area contributed by atoms with Crippen molar-refractivity contribution < 1.29 is 13.9 Å². The molecule has 1 N–H and O–H groups in total. The lowest BCUT2D eigenvalue weighted by Crippen LogP contribution is -2.33. The summed E-state index contributed by atoms with van der Waals surface area (Å²) < 4.78 is 20.6. The largest absolute Gasteiger partial charge is 0.372 e. The summed E-state index contributed by atoms with van der Waals surface area (Å²) in [6, 6.07) is 22.3. The minimum atomic E-state index is -0.359. The molecule has 1 aliphatic rings. The van der Waals surface area contributed by atoms with Crippen molar-refractivity contribution in [3.05, 3.63) is 95.3 Å². The molecule has 0 radical (unpaired) electrons. The fourth-order valence-corrected chi connectivity index (χ4v) is 4.20. The van der Waals surface area contributed by atoms with Crippen LogP contribution in [-0.4, -0.2) is 39.6 Å². The summed E-state index contributed by atoms with van der Waals surface area (Å²) in [5.74, 6) is -0.267. The maximum absolute atomic E-state index is 14.4. The molecule has 1 heterocycles. The quantitative estimate of drug-likeness (QED) is 0.539. The first-order valence-electron chi connectivity index (χ1n) is 11.3. The zero-order valence-electron chi connectivity index (χ0n) is 19.1. The summed E-state index contributed by atoms with van der Waals surface area (Å²) in [5, 5.41) is 3.11. The van der Waals surface area contributed by atoms with Crippen LogP contribution in [0.5, 0.6) is 0 Å². The van der Waals surface area contributed by atoms with E-state index in [2.05, 4.69) is 10.2 Å². The van der Waals surface area contributed by atoms with E-state index in [1.807, 2.05) is 73.6 Å². The van der Waals surface area contributed by atoms with E-state index in [9.17, 15) is 9.18 Å². The minimum absolute atomic E-state index is 0.00808. The molecular weight excluding hydrogens is 417 g/mol. The Balaban J connectivity index is 1.53. The van der Waals surface area contributed by atoms with Gasteiger partial charge in [-0.2, -0.15) is 0 Å². The smallest absolute Gasteiger partial charge is 0.260 e. The lowest BCUT2D eigenvalue weighted by molar-refractivity contribution is 0.0321. The molecule has 6 heteroatoms. The average Bonchev–Trinajstić information content (AvgIpc) is 2.97. The van der Waals surface area contributed by atoms with Gasteiger partial charge in [-0.05, 0) is 55.9 Å². The predicted molar refractivity (Wildman–Crippen MR) is 130 cm³/mol. The van der Waals surface area contributed by atoms with E-state index in [0.717, 1.165) is 23.5 Å². The van der Waals surface area contributed by atoms with E-state index in [0.29, 0.717) is 37.2 Å². The van der Waals surface area contributed by atoms with Crippen molar-refractivity contribution in [3.63, 3.8) is 0 Å². The molecule has 4 rings (SSSR count). The normalized spacial score (nSPS) is 14.7. The van der Waals surface area contributed by atoms with Crippen molar-refractivity contribution in [2.24, 2.45) is 0 Å². The molecule has 3 aromatic rings. The number of hydrogen-bond acceptors (Lipinski definition) is 4. The van der Waals surface area contributed by atoms with Crippen LogP contribution >= 0.6 is 0 Å². The number of anilines is 2. The molecule has 0 bridgehead atoms. The third-order valence-corrected chi connectivity index (χ3v) is 6.03. The molecule has 1 atom stereocenters. The van der Waals surface area contributed by atoms with E-state index in [-0.39, 0.29) is 17.8 Å². The number of carbonyl (C=O) groups is 1. The molecule has 3 aromatic carbocycles. The van der Waals surface area contributed by atoms with E-state index >= 15 is 0 Å². The number of hydrogen-bond donors (Lipinski definition) is 1. The van der Waals surface area contributed by atoms with E-state index in [4.69, 9.17) is 4.74 Å². The summed E-state index contributed by atoms with van der Waals surface area (Å²) in [4.78, 5) is 17.3. The molecule has 33 heavy (non-hydrogen) atoms. The SMILES string of the molecule is CNCCC(OCc1cccc(N2CCN(C)c3ccccc3C2=O)c1)c1ccccc1F. The summed E-state index contributed by atoms with van der Waals surface area (Å²) in [7, 11) is 3.88. The van der Waals surface area contributed by atoms with Crippen LogP contribution in [0.1, 0.15) is 34.0 Å². The molecule has 5 nitrogen and oxygen atoms in total. The third-order valence-electron chi connectivity index (χ3n) is 6.03. The minimum Gasteiger partial charge on any atom is -0.372 e. The lowest BCUT2D eigenvalue weighted by Gasteiger charge is -2.23. The summed E-state index contributed by atoms with van der Waals surface area (Å²) in [6.07, 6.45) is 0.299. The molecule has 1 amide bonds. The number of likely N-dealkylation sites (N-methyl/N-ethyl adjacent to an activating group) is 1. The number of nitrogens with zero attached hydrogens (tertiary/aromatic N) is 2. The van der Waals surface area contributed by atoms with Crippen LogP contribution in [-0.2, 0) is 11.3 Å². The molecule has 0 spiro atoms. The Morgan fingerprint density at radius 3 is 2.64 bits per heavy atom. The van der Waals surface area contributed by atoms with Gasteiger partial charge in [0.15, 0.2) is 0 Å². The number of para-hydroxylation sites is 1. The van der Waals surface area contributed by atoms with Crippen molar-refractivity contribution in [1.29, 1.82) is 0 Å². The van der Waals surface area contributed by atoms with Crippen LogP contribution in [0, 0.1) is 5.82 Å². The van der Waals surface area contributed by atoms with Crippen LogP contribution in [0.15, 0.2) is 72.8 Å². The maximum Gasteiger partial charge on any atom is 0.260 e. The standard InChI is InChI=1S/C27H30FN3O2/c1-29-15-14-26(22-10-3-5-12-24(22)28)33-19-20-8-7-9-21(18-20)31-17-16-30(2)25-13-6-4-11-23(25)27(31)32/h3-13,18,26,29H,14-17,19H2,1-2H3. The zero-order chi connectivity index (χ0) is 23.2. The van der Waals surface area contributed by atoms with E-state index in [1.54, 1.807) is 12.1 Å². The molecule has 1 unspecified atom stereocenters. The summed E-state index contributed by atoms with van der Waals surface area (Å²) >= 11 is 0. The van der Waals surface area contributed by atoms with Gasteiger partial charge in [0, 0.05) is 37.1 Å². The van der Waals surface area contributed by atoms with Crippen LogP contribution < -0.4 is 15.1 Å². The Morgan fingerprint density at radius 2 is 1.82 bits per heavy atom. The molecular formula is C27H30FN3O2. The van der Waals surface area contributed by atoms with Crippen molar-refractivity contribution in [3.8, 4) is 0 Å². The molecule has 172 valence electrons. The first-order valence-corrected chi connectivity index (χ1v) is 11.3. The Hall–Kier alpha value is -3.22. The Morgan fingerprint density at radius 1 is 1.03 bits per heavy atom. The highest BCUT2D eigenvalue weighted by molar-refractivity contribution is 6.10. The number of ether oxygens (including phenoxy) is 1. The highest BCUT2D eigenvalue weighted by Gasteiger charge is 2.25. The summed E-state index contributed by atoms with van der Waals surface area (Å²) in [6.45, 7) is 2.38. The van der Waals surface area contributed by atoms with Gasteiger partial charge in [0.05, 0.1) is 18.3 Å². The van der Waals surface area contributed by atoms with Gasteiger partial charge in [0.25, 0.3) is 5.91 Å². The fraction of sp³-hybridized carbons (Fsp3) is 0.296. The van der Waals surface area contributed by atoms with Gasteiger partial charge in [-0.1, -0.05) is 42.5 Å². The van der Waals surface area contributed by atoms with Crippen LogP contribution in [0.4, 0.5) is 15.8 Å². The second-order valence-corrected chi connectivity index (χ2v) is 8.28. The number of halogens is 1. The van der Waals surface area contributed by atoms with Gasteiger partial charge < -0.3 is 19.9 Å². The number of benzene rings is 3. The Labute approximate surface area is 194 Å². The number of rotatable bonds is 8. The number of amides is 1. The lowest BCUT2D eigenvalue weighted by atomic mass is 10.1. The van der Waals surface area contributed by atoms with Crippen molar-refractivity contribution >= 4 is 17.3 Å². The van der Waals surface area contributed by atoms with Crippen LogP contribution in [0.3, 0.4) is 0 Å². The van der Waals surface area contributed by atoms with Gasteiger partial charge >= 0.3 is 0 Å². The van der Waals surface area contributed by atoms with Gasteiger partial charge in [-0.15, -0.1) is 0 Å². The number of carbonyl (C=O) groups excluding carboxylic acids is 1. The molecule has 0 saturated heterocycles. The topological polar surface area (TPSA) is 44.8 Å². The summed E-state index contributed by atoms with van der Waals surface area (Å²) in [5.41, 5.74) is 3.99. The molecule has 0 fully saturated rings. The molecule has 1 aliphatic heterocycles. The maximum atomic E-state index is 14.4. The first kappa shape index (κ1) is 23.0. The monoisotopic (exact) mass is 447 g/mol. The number of fused-ring (bicyclic) bond motifs is 1. The highest BCUT2D eigenvalue weighted by Crippen LogP contribution is 2.29. The highest BCUT2D eigenvalue weighted by atomic mass is 19.1.